The highest BCUT2D eigenvalue weighted by molar-refractivity contribution is 5.80. The summed E-state index contributed by atoms with van der Waals surface area (Å²) >= 11 is 0. The number of guanidine groups is 1. The molecule has 0 aromatic carbocycles. The first kappa shape index (κ1) is 16.7. The van der Waals surface area contributed by atoms with Gasteiger partial charge in [-0.2, -0.15) is 0 Å². The number of ether oxygens (including phenoxy) is 1. The minimum Gasteiger partial charge on any atom is -0.374 e. The molecule has 7 heteroatoms. The second-order valence-corrected chi connectivity index (χ2v) is 7.65. The van der Waals surface area contributed by atoms with Gasteiger partial charge in [-0.15, -0.1) is 0 Å². The summed E-state index contributed by atoms with van der Waals surface area (Å²) in [5.74, 6) is 3.24. The lowest BCUT2D eigenvalue weighted by molar-refractivity contribution is 0.0767. The second kappa shape index (κ2) is 6.96. The molecule has 2 aromatic rings. The van der Waals surface area contributed by atoms with E-state index >= 15 is 0 Å². The highest BCUT2D eigenvalue weighted by Gasteiger charge is 2.53. The number of nitrogens with zero attached hydrogens (tertiary/aromatic N) is 5. The standard InChI is InChI=1S/C20H26N6O/c1-2-22-20(26-11-15-16(12-26)18-6-5-17(15)27-18)24-10-14-4-3-7-23-19(14)25-9-8-21-13-25/h3-4,7-9,13,15-18H,2,5-6,10-12H2,1H3,(H,22,24). The minimum absolute atomic E-state index is 0.471. The lowest BCUT2D eigenvalue weighted by atomic mass is 9.82. The first-order chi connectivity index (χ1) is 13.3. The van der Waals surface area contributed by atoms with Gasteiger partial charge in [0.05, 0.1) is 18.8 Å². The van der Waals surface area contributed by atoms with Crippen LogP contribution in [0, 0.1) is 11.8 Å². The van der Waals surface area contributed by atoms with E-state index < -0.39 is 0 Å². The Morgan fingerprint density at radius 3 is 2.78 bits per heavy atom. The molecule has 0 saturated carbocycles. The van der Waals surface area contributed by atoms with E-state index in [1.807, 2.05) is 23.0 Å². The van der Waals surface area contributed by atoms with Gasteiger partial charge in [0.25, 0.3) is 0 Å². The zero-order chi connectivity index (χ0) is 18.2. The van der Waals surface area contributed by atoms with Crippen LogP contribution >= 0.6 is 0 Å². The Labute approximate surface area is 159 Å². The maximum Gasteiger partial charge on any atom is 0.194 e. The fourth-order valence-electron chi connectivity index (χ4n) is 4.89. The molecule has 5 heterocycles. The van der Waals surface area contributed by atoms with Crippen LogP contribution in [-0.2, 0) is 11.3 Å². The smallest absolute Gasteiger partial charge is 0.194 e. The summed E-state index contributed by atoms with van der Waals surface area (Å²) in [5, 5.41) is 3.48. The minimum atomic E-state index is 0.471. The fraction of sp³-hybridized carbons (Fsp3) is 0.550. The molecule has 142 valence electrons. The third kappa shape index (κ3) is 3.00. The average Bonchev–Trinajstić information content (AvgIpc) is 3.47. The van der Waals surface area contributed by atoms with Crippen LogP contribution in [0.25, 0.3) is 5.82 Å². The number of hydrogen-bond donors (Lipinski definition) is 1. The lowest BCUT2D eigenvalue weighted by Gasteiger charge is -2.23. The van der Waals surface area contributed by atoms with Crippen molar-refractivity contribution >= 4 is 5.96 Å². The fourth-order valence-corrected chi connectivity index (χ4v) is 4.89. The first-order valence-electron chi connectivity index (χ1n) is 9.94. The SMILES string of the molecule is CCNC(=NCc1cccnc1-n1ccnc1)N1CC2C3CCC(O3)C2C1. The molecular formula is C20H26N6O. The summed E-state index contributed by atoms with van der Waals surface area (Å²) in [6, 6.07) is 4.05. The number of nitrogens with one attached hydrogen (secondary N) is 1. The van der Waals surface area contributed by atoms with Gasteiger partial charge in [-0.25, -0.2) is 15.0 Å². The van der Waals surface area contributed by atoms with E-state index in [2.05, 4.69) is 33.2 Å². The van der Waals surface area contributed by atoms with Gasteiger partial charge < -0.3 is 15.0 Å². The van der Waals surface area contributed by atoms with Crippen LogP contribution in [0.3, 0.4) is 0 Å². The second-order valence-electron chi connectivity index (χ2n) is 7.65. The predicted molar refractivity (Wildman–Crippen MR) is 103 cm³/mol. The summed E-state index contributed by atoms with van der Waals surface area (Å²) in [6.07, 6.45) is 10.7. The van der Waals surface area contributed by atoms with Gasteiger partial charge in [0.15, 0.2) is 5.96 Å². The Hall–Kier alpha value is -2.41. The van der Waals surface area contributed by atoms with E-state index in [-0.39, 0.29) is 0 Å². The van der Waals surface area contributed by atoms with Gasteiger partial charge >= 0.3 is 0 Å². The molecule has 3 fully saturated rings. The van der Waals surface area contributed by atoms with Crippen molar-refractivity contribution in [1.29, 1.82) is 0 Å². The third-order valence-electron chi connectivity index (χ3n) is 6.10. The molecule has 27 heavy (non-hydrogen) atoms. The van der Waals surface area contributed by atoms with Crippen molar-refractivity contribution in [2.45, 2.75) is 38.5 Å². The maximum atomic E-state index is 6.11. The van der Waals surface area contributed by atoms with E-state index in [0.717, 1.165) is 37.0 Å². The van der Waals surface area contributed by atoms with E-state index in [4.69, 9.17) is 9.73 Å². The molecule has 4 atom stereocenters. The Kier molecular flexibility index (Phi) is 4.32. The van der Waals surface area contributed by atoms with Crippen molar-refractivity contribution in [2.24, 2.45) is 16.8 Å². The summed E-state index contributed by atoms with van der Waals surface area (Å²) in [4.78, 5) is 16.0. The summed E-state index contributed by atoms with van der Waals surface area (Å²) < 4.78 is 8.05. The number of aliphatic imine (C=N–C) groups is 1. The zero-order valence-electron chi connectivity index (χ0n) is 15.7. The topological polar surface area (TPSA) is 67.6 Å². The molecule has 0 amide bonds. The van der Waals surface area contributed by atoms with Crippen molar-refractivity contribution in [2.75, 3.05) is 19.6 Å². The number of pyridine rings is 1. The van der Waals surface area contributed by atoms with Crippen molar-refractivity contribution in [3.05, 3.63) is 42.6 Å². The molecule has 0 aliphatic carbocycles. The van der Waals surface area contributed by atoms with Crippen molar-refractivity contribution < 1.29 is 4.74 Å². The molecule has 0 spiro atoms. The summed E-state index contributed by atoms with van der Waals surface area (Å²) in [7, 11) is 0. The first-order valence-corrected chi connectivity index (χ1v) is 9.94. The molecule has 7 nitrogen and oxygen atoms in total. The molecular weight excluding hydrogens is 340 g/mol. The summed E-state index contributed by atoms with van der Waals surface area (Å²) in [5.41, 5.74) is 1.09. The molecule has 4 unspecified atom stereocenters. The van der Waals surface area contributed by atoms with Gasteiger partial charge in [0, 0.05) is 55.6 Å². The number of hydrogen-bond acceptors (Lipinski definition) is 4. The number of imidazole rings is 1. The van der Waals surface area contributed by atoms with Gasteiger partial charge in [-0.1, -0.05) is 6.07 Å². The Morgan fingerprint density at radius 1 is 1.26 bits per heavy atom. The van der Waals surface area contributed by atoms with E-state index in [1.54, 1.807) is 12.5 Å². The summed E-state index contributed by atoms with van der Waals surface area (Å²) in [6.45, 7) is 5.70. The molecule has 5 rings (SSSR count). The third-order valence-corrected chi connectivity index (χ3v) is 6.10. The average molecular weight is 366 g/mol. The predicted octanol–water partition coefficient (Wildman–Crippen LogP) is 1.84. The molecule has 0 radical (unpaired) electrons. The Bertz CT molecular complexity index is 802. The van der Waals surface area contributed by atoms with E-state index in [1.165, 1.54) is 12.8 Å². The molecule has 2 bridgehead atoms. The quantitative estimate of drug-likeness (QED) is 0.661. The van der Waals surface area contributed by atoms with Crippen LogP contribution in [-0.4, -0.2) is 57.2 Å². The van der Waals surface area contributed by atoms with Crippen LogP contribution < -0.4 is 5.32 Å². The monoisotopic (exact) mass is 366 g/mol. The number of fused-ring (bicyclic) bond motifs is 5. The van der Waals surface area contributed by atoms with Crippen LogP contribution in [0.2, 0.25) is 0 Å². The molecule has 3 aliphatic heterocycles. The Morgan fingerprint density at radius 2 is 2.07 bits per heavy atom. The number of aromatic nitrogens is 3. The van der Waals surface area contributed by atoms with Gasteiger partial charge in [0.2, 0.25) is 0 Å². The van der Waals surface area contributed by atoms with Gasteiger partial charge in [-0.05, 0) is 25.8 Å². The highest BCUT2D eigenvalue weighted by Crippen LogP contribution is 2.47. The van der Waals surface area contributed by atoms with Crippen LogP contribution in [0.4, 0.5) is 0 Å². The molecule has 3 aliphatic rings. The van der Waals surface area contributed by atoms with E-state index in [0.29, 0.717) is 30.6 Å². The van der Waals surface area contributed by atoms with Crippen molar-refractivity contribution in [1.82, 2.24) is 24.8 Å². The largest absolute Gasteiger partial charge is 0.374 e. The molecule has 2 aromatic heterocycles. The van der Waals surface area contributed by atoms with Crippen molar-refractivity contribution in [3.63, 3.8) is 0 Å². The Balaban J connectivity index is 1.35. The zero-order valence-corrected chi connectivity index (χ0v) is 15.7. The number of likely N-dealkylation sites (tertiary alicyclic amines) is 1. The van der Waals surface area contributed by atoms with Crippen LogP contribution in [0.1, 0.15) is 25.3 Å². The lowest BCUT2D eigenvalue weighted by Crippen LogP contribution is -2.41. The van der Waals surface area contributed by atoms with Gasteiger partial charge in [-0.3, -0.25) is 4.57 Å². The normalized spacial score (nSPS) is 29.4. The maximum absolute atomic E-state index is 6.11. The van der Waals surface area contributed by atoms with Gasteiger partial charge in [0.1, 0.15) is 12.1 Å². The molecule has 3 saturated heterocycles. The molecule has 1 N–H and O–H groups in total. The number of rotatable bonds is 4. The van der Waals surface area contributed by atoms with Crippen LogP contribution in [0.15, 0.2) is 42.0 Å². The van der Waals surface area contributed by atoms with Crippen LogP contribution in [0.5, 0.6) is 0 Å². The van der Waals surface area contributed by atoms with Crippen molar-refractivity contribution in [3.8, 4) is 5.82 Å². The highest BCUT2D eigenvalue weighted by atomic mass is 16.5. The van der Waals surface area contributed by atoms with E-state index in [9.17, 15) is 0 Å².